The van der Waals surface area contributed by atoms with Gasteiger partial charge >= 0.3 is 0 Å². The van der Waals surface area contributed by atoms with Crippen LogP contribution in [0.2, 0.25) is 0 Å². The fraction of sp³-hybridized carbons (Fsp3) is 0.786. The van der Waals surface area contributed by atoms with Gasteiger partial charge in [-0.05, 0) is 31.7 Å². The van der Waals surface area contributed by atoms with Crippen molar-refractivity contribution in [1.29, 1.82) is 0 Å². The number of aryl methyl sites for hydroxylation is 1. The lowest BCUT2D eigenvalue weighted by atomic mass is 10.0. The lowest BCUT2D eigenvalue weighted by molar-refractivity contribution is 0.216. The van der Waals surface area contributed by atoms with Crippen LogP contribution in [0.5, 0.6) is 0 Å². The molecule has 4 nitrogen and oxygen atoms in total. The van der Waals surface area contributed by atoms with E-state index in [-0.39, 0.29) is 6.61 Å². The number of likely N-dealkylation sites (tertiary alicyclic amines) is 1. The molecule has 0 saturated carbocycles. The van der Waals surface area contributed by atoms with E-state index in [4.69, 9.17) is 10.2 Å². The first-order valence-corrected chi connectivity index (χ1v) is 6.93. The van der Waals surface area contributed by atoms with Crippen LogP contribution >= 0.6 is 0 Å². The zero-order valence-corrected chi connectivity index (χ0v) is 12.0. The molecule has 0 aromatic carbocycles. The van der Waals surface area contributed by atoms with Crippen molar-refractivity contribution in [3.05, 3.63) is 17.0 Å². The molecule has 1 N–H and O–H groups in total. The lowest BCUT2D eigenvalue weighted by Crippen LogP contribution is -2.25. The Morgan fingerprint density at radius 3 is 2.72 bits per heavy atom. The number of nitrogens with zero attached hydrogens (tertiary/aromatic N) is 3. The van der Waals surface area contributed by atoms with Crippen LogP contribution in [0.15, 0.2) is 0 Å². The van der Waals surface area contributed by atoms with Crippen molar-refractivity contribution in [2.45, 2.75) is 46.1 Å². The van der Waals surface area contributed by atoms with Crippen molar-refractivity contribution < 1.29 is 5.11 Å². The fourth-order valence-corrected chi connectivity index (χ4v) is 2.98. The number of aliphatic hydroxyl groups is 1. The van der Waals surface area contributed by atoms with Gasteiger partial charge in [-0.3, -0.25) is 9.58 Å². The Balaban J connectivity index is 2.21. The highest BCUT2D eigenvalue weighted by Gasteiger charge is 2.27. The van der Waals surface area contributed by atoms with E-state index in [0.717, 1.165) is 31.7 Å². The van der Waals surface area contributed by atoms with Crippen LogP contribution in [-0.4, -0.2) is 46.0 Å². The molecule has 0 amide bonds. The van der Waals surface area contributed by atoms with Crippen molar-refractivity contribution in [3.63, 3.8) is 0 Å². The van der Waals surface area contributed by atoms with E-state index in [9.17, 15) is 0 Å². The van der Waals surface area contributed by atoms with E-state index in [0.29, 0.717) is 12.0 Å². The molecule has 1 aliphatic rings. The van der Waals surface area contributed by atoms with Crippen LogP contribution in [0.25, 0.3) is 0 Å². The Morgan fingerprint density at radius 1 is 1.39 bits per heavy atom. The highest BCUT2D eigenvalue weighted by atomic mass is 16.3. The molecule has 0 bridgehead atoms. The number of hydrogen-bond acceptors (Lipinski definition) is 3. The first kappa shape index (κ1) is 13.6. The minimum Gasteiger partial charge on any atom is -0.395 e. The highest BCUT2D eigenvalue weighted by molar-refractivity contribution is 5.26. The summed E-state index contributed by atoms with van der Waals surface area (Å²) in [7, 11) is 0. The molecule has 18 heavy (non-hydrogen) atoms. The summed E-state index contributed by atoms with van der Waals surface area (Å²) in [6, 6.07) is 0.473. The Bertz CT molecular complexity index is 411. The smallest absolute Gasteiger partial charge is 0.0661 e. The minimum absolute atomic E-state index is 0.251. The topological polar surface area (TPSA) is 41.3 Å². The molecule has 1 aromatic heterocycles. The van der Waals surface area contributed by atoms with Gasteiger partial charge in [0.25, 0.3) is 0 Å². The second-order valence-corrected chi connectivity index (χ2v) is 5.66. The molecule has 0 spiro atoms. The Labute approximate surface area is 110 Å². The molecule has 2 heterocycles. The minimum atomic E-state index is 0.251. The van der Waals surface area contributed by atoms with E-state index < -0.39 is 0 Å². The van der Waals surface area contributed by atoms with Gasteiger partial charge in [-0.2, -0.15) is 5.10 Å². The van der Waals surface area contributed by atoms with Crippen molar-refractivity contribution in [2.75, 3.05) is 26.2 Å². The van der Waals surface area contributed by atoms with Gasteiger partial charge in [-0.25, -0.2) is 0 Å². The molecule has 1 unspecified atom stereocenters. The summed E-state index contributed by atoms with van der Waals surface area (Å²) in [6.07, 6.45) is 1.14. The molecule has 1 atom stereocenters. The standard InChI is InChI=1S/C14H25N3O/c1-10(2)14-11(3)12(4)15-17(14)13-5-6-16(9-13)7-8-18/h10,13,18H,5-9H2,1-4H3. The second-order valence-electron chi connectivity index (χ2n) is 5.66. The molecule has 0 aliphatic carbocycles. The zero-order valence-electron chi connectivity index (χ0n) is 12.0. The third-order valence-corrected chi connectivity index (χ3v) is 3.99. The van der Waals surface area contributed by atoms with Gasteiger partial charge in [0.2, 0.25) is 0 Å². The van der Waals surface area contributed by atoms with Gasteiger partial charge in [-0.15, -0.1) is 0 Å². The Kier molecular flexibility index (Phi) is 4.07. The zero-order chi connectivity index (χ0) is 13.3. The summed E-state index contributed by atoms with van der Waals surface area (Å²) in [5.41, 5.74) is 3.87. The van der Waals surface area contributed by atoms with Crippen LogP contribution in [0.3, 0.4) is 0 Å². The monoisotopic (exact) mass is 251 g/mol. The average Bonchev–Trinajstić information content (AvgIpc) is 2.86. The van der Waals surface area contributed by atoms with Crippen molar-refractivity contribution in [3.8, 4) is 0 Å². The van der Waals surface area contributed by atoms with Crippen LogP contribution in [0, 0.1) is 13.8 Å². The predicted octanol–water partition coefficient (Wildman–Crippen LogP) is 1.86. The van der Waals surface area contributed by atoms with Gasteiger partial charge in [0.15, 0.2) is 0 Å². The molecular weight excluding hydrogens is 226 g/mol. The van der Waals surface area contributed by atoms with E-state index in [1.165, 1.54) is 11.3 Å². The third-order valence-electron chi connectivity index (χ3n) is 3.99. The molecule has 4 heteroatoms. The maximum absolute atomic E-state index is 9.01. The average molecular weight is 251 g/mol. The fourth-order valence-electron chi connectivity index (χ4n) is 2.98. The Morgan fingerprint density at radius 2 is 2.11 bits per heavy atom. The van der Waals surface area contributed by atoms with E-state index in [1.54, 1.807) is 0 Å². The number of aliphatic hydroxyl groups excluding tert-OH is 1. The normalized spacial score (nSPS) is 21.1. The molecule has 102 valence electrons. The van der Waals surface area contributed by atoms with Crippen LogP contribution in [0.1, 0.15) is 49.2 Å². The number of β-amino-alcohol motifs (C(OH)–C–C–N with tert-alkyl or cyclic N) is 1. The summed E-state index contributed by atoms with van der Waals surface area (Å²) in [5, 5.41) is 13.7. The summed E-state index contributed by atoms with van der Waals surface area (Å²) in [4.78, 5) is 2.32. The molecule has 1 aliphatic heterocycles. The summed E-state index contributed by atoms with van der Waals surface area (Å²) in [5.74, 6) is 0.512. The van der Waals surface area contributed by atoms with Crippen LogP contribution in [-0.2, 0) is 0 Å². The third kappa shape index (κ3) is 2.45. The summed E-state index contributed by atoms with van der Waals surface area (Å²) >= 11 is 0. The van der Waals surface area contributed by atoms with E-state index >= 15 is 0 Å². The van der Waals surface area contributed by atoms with Crippen molar-refractivity contribution >= 4 is 0 Å². The second kappa shape index (κ2) is 5.41. The number of aromatic nitrogens is 2. The summed E-state index contributed by atoms with van der Waals surface area (Å²) in [6.45, 7) is 11.9. The van der Waals surface area contributed by atoms with Gasteiger partial charge in [0.1, 0.15) is 0 Å². The first-order chi connectivity index (χ1) is 8.54. The van der Waals surface area contributed by atoms with E-state index in [2.05, 4.69) is 37.3 Å². The maximum atomic E-state index is 9.01. The highest BCUT2D eigenvalue weighted by Crippen LogP contribution is 2.29. The van der Waals surface area contributed by atoms with Gasteiger partial charge < -0.3 is 5.11 Å². The molecule has 1 aromatic rings. The van der Waals surface area contributed by atoms with Crippen molar-refractivity contribution in [2.24, 2.45) is 0 Å². The molecule has 1 saturated heterocycles. The van der Waals surface area contributed by atoms with Gasteiger partial charge in [0.05, 0.1) is 18.3 Å². The maximum Gasteiger partial charge on any atom is 0.0661 e. The molecule has 0 radical (unpaired) electrons. The molecule has 1 fully saturated rings. The summed E-state index contributed by atoms with van der Waals surface area (Å²) < 4.78 is 2.24. The van der Waals surface area contributed by atoms with Gasteiger partial charge in [-0.1, -0.05) is 13.8 Å². The number of rotatable bonds is 4. The van der Waals surface area contributed by atoms with E-state index in [1.807, 2.05) is 0 Å². The number of hydrogen-bond donors (Lipinski definition) is 1. The van der Waals surface area contributed by atoms with Gasteiger partial charge in [0, 0.05) is 25.3 Å². The predicted molar refractivity (Wildman–Crippen MR) is 73.0 cm³/mol. The molecule has 2 rings (SSSR count). The van der Waals surface area contributed by atoms with Crippen LogP contribution in [0.4, 0.5) is 0 Å². The van der Waals surface area contributed by atoms with Crippen molar-refractivity contribution in [1.82, 2.24) is 14.7 Å². The lowest BCUT2D eigenvalue weighted by Gasteiger charge is -2.18. The largest absolute Gasteiger partial charge is 0.395 e. The van der Waals surface area contributed by atoms with Crippen LogP contribution < -0.4 is 0 Å². The molecular formula is C14H25N3O. The SMILES string of the molecule is Cc1nn(C2CCN(CCO)C2)c(C(C)C)c1C. The quantitative estimate of drug-likeness (QED) is 0.888. The Hall–Kier alpha value is -0.870. The first-order valence-electron chi connectivity index (χ1n) is 6.93.